The number of rotatable bonds is 6. The average molecular weight is 386 g/mol. The number of benzene rings is 1. The molecule has 1 N–H and O–H groups in total. The SMILES string of the molecule is COC(=O)c1nc(NC(=O)c2ccccc2-n2cnnn2)sc1CC(C)C. The Morgan fingerprint density at radius 3 is 2.74 bits per heavy atom. The van der Waals surface area contributed by atoms with Gasteiger partial charge in [-0.1, -0.05) is 26.0 Å². The van der Waals surface area contributed by atoms with E-state index in [-0.39, 0.29) is 11.6 Å². The molecule has 0 aliphatic heterocycles. The van der Waals surface area contributed by atoms with Gasteiger partial charge >= 0.3 is 5.97 Å². The number of carbonyl (C=O) groups excluding carboxylic acids is 2. The molecule has 0 spiro atoms. The molecule has 27 heavy (non-hydrogen) atoms. The van der Waals surface area contributed by atoms with Gasteiger partial charge in [-0.3, -0.25) is 10.1 Å². The molecule has 2 heterocycles. The molecule has 1 amide bonds. The molecule has 0 aliphatic rings. The highest BCUT2D eigenvalue weighted by atomic mass is 32.1. The number of methoxy groups -OCH3 is 1. The Bertz CT molecular complexity index is 951. The number of nitrogens with zero attached hydrogens (tertiary/aromatic N) is 5. The first-order valence-corrected chi connectivity index (χ1v) is 9.03. The van der Waals surface area contributed by atoms with Crippen LogP contribution in [0.3, 0.4) is 0 Å². The van der Waals surface area contributed by atoms with Crippen molar-refractivity contribution in [3.8, 4) is 5.69 Å². The van der Waals surface area contributed by atoms with E-state index >= 15 is 0 Å². The van der Waals surface area contributed by atoms with Crippen molar-refractivity contribution < 1.29 is 14.3 Å². The van der Waals surface area contributed by atoms with Crippen molar-refractivity contribution in [2.75, 3.05) is 12.4 Å². The highest BCUT2D eigenvalue weighted by molar-refractivity contribution is 7.16. The van der Waals surface area contributed by atoms with Crippen molar-refractivity contribution >= 4 is 28.3 Å². The summed E-state index contributed by atoms with van der Waals surface area (Å²) in [5, 5.41) is 14.1. The van der Waals surface area contributed by atoms with Gasteiger partial charge < -0.3 is 4.74 Å². The van der Waals surface area contributed by atoms with Gasteiger partial charge in [-0.15, -0.1) is 16.4 Å². The minimum atomic E-state index is -0.517. The number of hydrogen-bond donors (Lipinski definition) is 1. The first kappa shape index (κ1) is 18.6. The Hall–Kier alpha value is -3.14. The van der Waals surface area contributed by atoms with Gasteiger partial charge in [0.2, 0.25) is 0 Å². The van der Waals surface area contributed by atoms with Crippen molar-refractivity contribution in [1.82, 2.24) is 25.2 Å². The summed E-state index contributed by atoms with van der Waals surface area (Å²) >= 11 is 1.27. The number of para-hydroxylation sites is 1. The minimum absolute atomic E-state index is 0.236. The second kappa shape index (κ2) is 8.04. The summed E-state index contributed by atoms with van der Waals surface area (Å²) in [5.41, 5.74) is 1.15. The van der Waals surface area contributed by atoms with Crippen LogP contribution in [-0.2, 0) is 11.2 Å². The molecule has 1 aromatic carbocycles. The van der Waals surface area contributed by atoms with Crippen LogP contribution >= 0.6 is 11.3 Å². The van der Waals surface area contributed by atoms with Gasteiger partial charge in [0.1, 0.15) is 6.33 Å². The molecule has 0 bridgehead atoms. The van der Waals surface area contributed by atoms with Crippen molar-refractivity contribution in [3.05, 3.63) is 46.7 Å². The predicted molar refractivity (Wildman–Crippen MR) is 99.1 cm³/mol. The zero-order chi connectivity index (χ0) is 19.4. The third-order valence-corrected chi connectivity index (χ3v) is 4.63. The molecule has 0 unspecified atom stereocenters. The van der Waals surface area contributed by atoms with E-state index in [9.17, 15) is 9.59 Å². The monoisotopic (exact) mass is 386 g/mol. The molecular weight excluding hydrogens is 368 g/mol. The Morgan fingerprint density at radius 1 is 1.30 bits per heavy atom. The summed E-state index contributed by atoms with van der Waals surface area (Å²) in [5.74, 6) is -0.559. The van der Waals surface area contributed by atoms with Crippen LogP contribution in [-0.4, -0.2) is 44.2 Å². The topological polar surface area (TPSA) is 112 Å². The van der Waals surface area contributed by atoms with E-state index in [1.54, 1.807) is 24.3 Å². The molecule has 3 rings (SSSR count). The molecule has 140 valence electrons. The summed E-state index contributed by atoms with van der Waals surface area (Å²) < 4.78 is 6.20. The molecule has 0 aliphatic carbocycles. The van der Waals surface area contributed by atoms with Crippen LogP contribution in [0.15, 0.2) is 30.6 Å². The highest BCUT2D eigenvalue weighted by Gasteiger charge is 2.21. The predicted octanol–water partition coefficient (Wildman–Crippen LogP) is 2.36. The van der Waals surface area contributed by atoms with Gasteiger partial charge in [-0.05, 0) is 34.9 Å². The number of thiazole rings is 1. The number of aromatic nitrogens is 5. The van der Waals surface area contributed by atoms with Crippen molar-refractivity contribution in [2.24, 2.45) is 5.92 Å². The number of esters is 1. The number of amides is 1. The van der Waals surface area contributed by atoms with Gasteiger partial charge in [0, 0.05) is 4.88 Å². The number of nitrogens with one attached hydrogen (secondary N) is 1. The first-order chi connectivity index (χ1) is 13.0. The lowest BCUT2D eigenvalue weighted by Gasteiger charge is -2.07. The van der Waals surface area contributed by atoms with Crippen LogP contribution < -0.4 is 5.32 Å². The molecule has 0 saturated carbocycles. The quantitative estimate of drug-likeness (QED) is 0.647. The van der Waals surface area contributed by atoms with Crippen LogP contribution in [0.4, 0.5) is 5.13 Å². The molecule has 2 aromatic heterocycles. The van der Waals surface area contributed by atoms with Gasteiger partial charge in [0.05, 0.1) is 18.4 Å². The summed E-state index contributed by atoms with van der Waals surface area (Å²) in [6.45, 7) is 4.09. The minimum Gasteiger partial charge on any atom is -0.464 e. The maximum absolute atomic E-state index is 12.8. The van der Waals surface area contributed by atoms with Gasteiger partial charge in [-0.25, -0.2) is 9.78 Å². The third kappa shape index (κ3) is 4.17. The molecule has 0 fully saturated rings. The van der Waals surface area contributed by atoms with Gasteiger partial charge in [0.25, 0.3) is 5.91 Å². The molecule has 0 saturated heterocycles. The average Bonchev–Trinajstić information content (AvgIpc) is 3.31. The fourth-order valence-corrected chi connectivity index (χ4v) is 3.63. The molecule has 0 atom stereocenters. The zero-order valence-electron chi connectivity index (χ0n) is 15.0. The lowest BCUT2D eigenvalue weighted by molar-refractivity contribution is 0.0593. The first-order valence-electron chi connectivity index (χ1n) is 8.21. The third-order valence-electron chi connectivity index (χ3n) is 3.63. The van der Waals surface area contributed by atoms with E-state index < -0.39 is 5.97 Å². The fourth-order valence-electron chi connectivity index (χ4n) is 2.47. The smallest absolute Gasteiger partial charge is 0.357 e. The highest BCUT2D eigenvalue weighted by Crippen LogP contribution is 2.27. The Kier molecular flexibility index (Phi) is 5.55. The number of tetrazole rings is 1. The standard InChI is InChI=1S/C17H18N6O3S/c1-10(2)8-13-14(16(25)26-3)19-17(27-13)20-15(24)11-6-4-5-7-12(11)23-9-18-21-22-23/h4-7,9-10H,8H2,1-3H3,(H,19,20,24). The lowest BCUT2D eigenvalue weighted by Crippen LogP contribution is -2.15. The molecule has 3 aromatic rings. The normalized spacial score (nSPS) is 10.8. The lowest BCUT2D eigenvalue weighted by atomic mass is 10.1. The largest absolute Gasteiger partial charge is 0.464 e. The second-order valence-electron chi connectivity index (χ2n) is 6.11. The van der Waals surface area contributed by atoms with Gasteiger partial charge in [0.15, 0.2) is 10.8 Å². The number of carbonyl (C=O) groups is 2. The molecule has 0 radical (unpaired) electrons. The van der Waals surface area contributed by atoms with Gasteiger partial charge in [-0.2, -0.15) is 4.68 Å². The van der Waals surface area contributed by atoms with Crippen molar-refractivity contribution in [2.45, 2.75) is 20.3 Å². The van der Waals surface area contributed by atoms with Crippen LogP contribution in [0.1, 0.15) is 39.6 Å². The fraction of sp³-hybridized carbons (Fsp3) is 0.294. The molecular formula is C17H18N6O3S. The molecule has 10 heteroatoms. The summed E-state index contributed by atoms with van der Waals surface area (Å²) in [6, 6.07) is 6.93. The number of hydrogen-bond acceptors (Lipinski definition) is 8. The van der Waals surface area contributed by atoms with E-state index in [0.29, 0.717) is 28.7 Å². The molecule has 9 nitrogen and oxygen atoms in total. The van der Waals surface area contributed by atoms with Crippen molar-refractivity contribution in [3.63, 3.8) is 0 Å². The Balaban J connectivity index is 1.89. The Morgan fingerprint density at radius 2 is 2.07 bits per heavy atom. The van der Waals surface area contributed by atoms with E-state index in [2.05, 4.69) is 25.8 Å². The Labute approximate surface area is 159 Å². The van der Waals surface area contributed by atoms with E-state index in [4.69, 9.17) is 4.74 Å². The van der Waals surface area contributed by atoms with Crippen molar-refractivity contribution in [1.29, 1.82) is 0 Å². The summed E-state index contributed by atoms with van der Waals surface area (Å²) in [4.78, 5) is 29.8. The second-order valence-corrected chi connectivity index (χ2v) is 7.19. The maximum atomic E-state index is 12.8. The summed E-state index contributed by atoms with van der Waals surface area (Å²) in [6.07, 6.45) is 2.07. The maximum Gasteiger partial charge on any atom is 0.357 e. The van der Waals surface area contributed by atoms with E-state index in [1.165, 1.54) is 29.5 Å². The van der Waals surface area contributed by atoms with E-state index in [1.807, 2.05) is 13.8 Å². The number of anilines is 1. The van der Waals surface area contributed by atoms with Crippen LogP contribution in [0.25, 0.3) is 5.69 Å². The number of ether oxygens (including phenoxy) is 1. The van der Waals surface area contributed by atoms with Crippen LogP contribution in [0.2, 0.25) is 0 Å². The zero-order valence-corrected chi connectivity index (χ0v) is 15.9. The van der Waals surface area contributed by atoms with Crippen LogP contribution in [0, 0.1) is 5.92 Å². The van der Waals surface area contributed by atoms with E-state index in [0.717, 1.165) is 4.88 Å². The summed E-state index contributed by atoms with van der Waals surface area (Å²) in [7, 11) is 1.31. The van der Waals surface area contributed by atoms with Crippen LogP contribution in [0.5, 0.6) is 0 Å².